The smallest absolute Gasteiger partial charge is 0.142 e. The molecular formula is C12H15ClFNO. The molecule has 1 rings (SSSR count). The summed E-state index contributed by atoms with van der Waals surface area (Å²) in [6.45, 7) is 2.38. The molecule has 0 aliphatic rings. The maximum Gasteiger partial charge on any atom is 0.142 e. The average Bonchev–Trinajstić information content (AvgIpc) is 2.24. The summed E-state index contributed by atoms with van der Waals surface area (Å²) in [6, 6.07) is 4.49. The number of rotatable bonds is 5. The Morgan fingerprint density at radius 3 is 2.88 bits per heavy atom. The highest BCUT2D eigenvalue weighted by Crippen LogP contribution is 2.20. The third-order valence-electron chi connectivity index (χ3n) is 2.40. The van der Waals surface area contributed by atoms with Crippen molar-refractivity contribution in [2.24, 2.45) is 11.7 Å². The molecule has 0 bridgehead atoms. The molecule has 16 heavy (non-hydrogen) atoms. The highest BCUT2D eigenvalue weighted by molar-refractivity contribution is 6.31. The molecule has 2 N–H and O–H groups in total. The van der Waals surface area contributed by atoms with Crippen LogP contribution in [0.3, 0.4) is 0 Å². The van der Waals surface area contributed by atoms with E-state index in [1.54, 1.807) is 12.1 Å². The van der Waals surface area contributed by atoms with Gasteiger partial charge in [0.2, 0.25) is 0 Å². The molecule has 0 aliphatic carbocycles. The molecule has 1 unspecified atom stereocenters. The fourth-order valence-corrected chi connectivity index (χ4v) is 1.63. The standard InChI is InChI=1S/C12H15ClFNO/c1-8(7-15)5-10(16)6-9-3-2-4-11(14)12(9)13/h2-4,8H,5-7,15H2,1H3. The first-order valence-electron chi connectivity index (χ1n) is 5.19. The number of hydrogen-bond acceptors (Lipinski definition) is 2. The lowest BCUT2D eigenvalue weighted by atomic mass is 10.00. The van der Waals surface area contributed by atoms with E-state index in [4.69, 9.17) is 17.3 Å². The van der Waals surface area contributed by atoms with Crippen LogP contribution >= 0.6 is 11.6 Å². The molecular weight excluding hydrogens is 229 g/mol. The fraction of sp³-hybridized carbons (Fsp3) is 0.417. The minimum atomic E-state index is -0.487. The second-order valence-corrected chi connectivity index (χ2v) is 4.35. The molecule has 0 aliphatic heterocycles. The number of Topliss-reactive ketones (excluding diaryl/α,β-unsaturated/α-hetero) is 1. The normalized spacial score (nSPS) is 12.5. The van der Waals surface area contributed by atoms with Crippen LogP contribution < -0.4 is 5.73 Å². The van der Waals surface area contributed by atoms with Gasteiger partial charge < -0.3 is 5.73 Å². The molecule has 0 fully saturated rings. The summed E-state index contributed by atoms with van der Waals surface area (Å²) in [4.78, 5) is 11.6. The maximum absolute atomic E-state index is 13.1. The van der Waals surface area contributed by atoms with Crippen LogP contribution in [0.1, 0.15) is 18.9 Å². The molecule has 0 spiro atoms. The summed E-state index contributed by atoms with van der Waals surface area (Å²) in [5, 5.41) is 0.0382. The van der Waals surface area contributed by atoms with Crippen LogP contribution in [-0.4, -0.2) is 12.3 Å². The van der Waals surface area contributed by atoms with Gasteiger partial charge in [0.05, 0.1) is 5.02 Å². The van der Waals surface area contributed by atoms with Gasteiger partial charge in [-0.3, -0.25) is 4.79 Å². The van der Waals surface area contributed by atoms with Gasteiger partial charge in [0.25, 0.3) is 0 Å². The van der Waals surface area contributed by atoms with E-state index in [0.717, 1.165) is 0 Å². The van der Waals surface area contributed by atoms with E-state index in [1.807, 2.05) is 6.92 Å². The number of benzene rings is 1. The van der Waals surface area contributed by atoms with Gasteiger partial charge in [-0.1, -0.05) is 30.7 Å². The Kier molecular flexibility index (Phi) is 4.90. The van der Waals surface area contributed by atoms with E-state index in [9.17, 15) is 9.18 Å². The number of carbonyl (C=O) groups is 1. The van der Waals surface area contributed by atoms with Gasteiger partial charge in [-0.05, 0) is 24.1 Å². The van der Waals surface area contributed by atoms with Crippen LogP contribution in [0, 0.1) is 11.7 Å². The molecule has 1 aromatic rings. The van der Waals surface area contributed by atoms with Gasteiger partial charge in [0.15, 0.2) is 0 Å². The first kappa shape index (κ1) is 13.1. The van der Waals surface area contributed by atoms with Crippen molar-refractivity contribution in [2.45, 2.75) is 19.8 Å². The quantitative estimate of drug-likeness (QED) is 0.864. The lowest BCUT2D eigenvalue weighted by Crippen LogP contribution is -2.16. The Labute approximate surface area is 99.6 Å². The summed E-state index contributed by atoms with van der Waals surface area (Å²) < 4.78 is 13.1. The second kappa shape index (κ2) is 5.97. The van der Waals surface area contributed by atoms with Gasteiger partial charge in [-0.2, -0.15) is 0 Å². The molecule has 0 radical (unpaired) electrons. The van der Waals surface area contributed by atoms with Gasteiger partial charge >= 0.3 is 0 Å². The highest BCUT2D eigenvalue weighted by atomic mass is 35.5. The van der Waals surface area contributed by atoms with Crippen molar-refractivity contribution < 1.29 is 9.18 Å². The van der Waals surface area contributed by atoms with E-state index < -0.39 is 5.82 Å². The third kappa shape index (κ3) is 3.58. The Bertz CT molecular complexity index is 381. The highest BCUT2D eigenvalue weighted by Gasteiger charge is 2.12. The Hall–Kier alpha value is -0.930. The van der Waals surface area contributed by atoms with Crippen molar-refractivity contribution in [3.05, 3.63) is 34.6 Å². The van der Waals surface area contributed by atoms with Crippen LogP contribution in [0.5, 0.6) is 0 Å². The number of ketones is 1. The van der Waals surface area contributed by atoms with Gasteiger partial charge in [0.1, 0.15) is 11.6 Å². The SMILES string of the molecule is CC(CN)CC(=O)Cc1cccc(F)c1Cl. The first-order chi connectivity index (χ1) is 7.54. The number of nitrogens with two attached hydrogens (primary N) is 1. The van der Waals surface area contributed by atoms with Crippen LogP contribution in [0.2, 0.25) is 5.02 Å². The van der Waals surface area contributed by atoms with Crippen molar-refractivity contribution in [3.63, 3.8) is 0 Å². The zero-order chi connectivity index (χ0) is 12.1. The Morgan fingerprint density at radius 1 is 1.56 bits per heavy atom. The first-order valence-corrected chi connectivity index (χ1v) is 5.57. The topological polar surface area (TPSA) is 43.1 Å². The molecule has 0 amide bonds. The molecule has 0 saturated carbocycles. The van der Waals surface area contributed by atoms with Crippen LogP contribution in [-0.2, 0) is 11.2 Å². The van der Waals surface area contributed by atoms with Gasteiger partial charge in [-0.25, -0.2) is 4.39 Å². The summed E-state index contributed by atoms with van der Waals surface area (Å²) >= 11 is 5.76. The van der Waals surface area contributed by atoms with Crippen LogP contribution in [0.15, 0.2) is 18.2 Å². The zero-order valence-electron chi connectivity index (χ0n) is 9.17. The van der Waals surface area contributed by atoms with E-state index in [1.165, 1.54) is 6.07 Å². The molecule has 4 heteroatoms. The predicted octanol–water partition coefficient (Wildman–Crippen LogP) is 2.58. The van der Waals surface area contributed by atoms with Crippen molar-refractivity contribution >= 4 is 17.4 Å². The van der Waals surface area contributed by atoms with E-state index in [0.29, 0.717) is 18.5 Å². The minimum Gasteiger partial charge on any atom is -0.330 e. The lowest BCUT2D eigenvalue weighted by molar-refractivity contribution is -0.119. The Morgan fingerprint density at radius 2 is 2.25 bits per heavy atom. The average molecular weight is 244 g/mol. The predicted molar refractivity (Wildman–Crippen MR) is 63.0 cm³/mol. The van der Waals surface area contributed by atoms with Crippen LogP contribution in [0.25, 0.3) is 0 Å². The van der Waals surface area contributed by atoms with E-state index in [2.05, 4.69) is 0 Å². The van der Waals surface area contributed by atoms with Crippen molar-refractivity contribution in [1.82, 2.24) is 0 Å². The minimum absolute atomic E-state index is 0.0328. The lowest BCUT2D eigenvalue weighted by Gasteiger charge is -2.08. The second-order valence-electron chi connectivity index (χ2n) is 3.97. The molecule has 0 aromatic heterocycles. The van der Waals surface area contributed by atoms with Crippen LogP contribution in [0.4, 0.5) is 4.39 Å². The maximum atomic E-state index is 13.1. The van der Waals surface area contributed by atoms with Crippen molar-refractivity contribution in [2.75, 3.05) is 6.54 Å². The molecule has 0 heterocycles. The molecule has 88 valence electrons. The molecule has 1 aromatic carbocycles. The monoisotopic (exact) mass is 243 g/mol. The number of hydrogen-bond donors (Lipinski definition) is 1. The third-order valence-corrected chi connectivity index (χ3v) is 2.82. The molecule has 1 atom stereocenters. The molecule has 2 nitrogen and oxygen atoms in total. The van der Waals surface area contributed by atoms with Gasteiger partial charge in [0, 0.05) is 12.8 Å². The molecule has 0 saturated heterocycles. The summed E-state index contributed by atoms with van der Waals surface area (Å²) in [7, 11) is 0. The fourth-order valence-electron chi connectivity index (χ4n) is 1.44. The zero-order valence-corrected chi connectivity index (χ0v) is 9.93. The van der Waals surface area contributed by atoms with E-state index in [-0.39, 0.29) is 23.1 Å². The summed E-state index contributed by atoms with van der Waals surface area (Å²) in [6.07, 6.45) is 0.574. The summed E-state index contributed by atoms with van der Waals surface area (Å²) in [5.74, 6) is -0.302. The number of halogens is 2. The van der Waals surface area contributed by atoms with Crippen molar-refractivity contribution in [1.29, 1.82) is 0 Å². The Balaban J connectivity index is 2.66. The van der Waals surface area contributed by atoms with E-state index >= 15 is 0 Å². The van der Waals surface area contributed by atoms with Crippen molar-refractivity contribution in [3.8, 4) is 0 Å². The number of carbonyl (C=O) groups excluding carboxylic acids is 1. The largest absolute Gasteiger partial charge is 0.330 e. The van der Waals surface area contributed by atoms with Gasteiger partial charge in [-0.15, -0.1) is 0 Å². The summed E-state index contributed by atoms with van der Waals surface area (Å²) in [5.41, 5.74) is 5.97.